The summed E-state index contributed by atoms with van der Waals surface area (Å²) in [5, 5.41) is 7.51. The van der Waals surface area contributed by atoms with Crippen LogP contribution in [-0.4, -0.2) is 22.8 Å². The molecule has 2 amide bonds. The molecule has 0 saturated heterocycles. The highest BCUT2D eigenvalue weighted by atomic mass is 35.5. The van der Waals surface area contributed by atoms with E-state index in [-0.39, 0.29) is 11.8 Å². The number of carbonyl (C=O) groups is 1. The van der Waals surface area contributed by atoms with Gasteiger partial charge in [0.1, 0.15) is 5.82 Å². The van der Waals surface area contributed by atoms with Gasteiger partial charge < -0.3 is 20.5 Å². The van der Waals surface area contributed by atoms with Gasteiger partial charge in [-0.15, -0.1) is 11.8 Å². The molecule has 0 radical (unpaired) electrons. The van der Waals surface area contributed by atoms with Crippen LogP contribution in [0.15, 0.2) is 71.8 Å². The van der Waals surface area contributed by atoms with Crippen molar-refractivity contribution >= 4 is 57.4 Å². The number of fused-ring (bicyclic) bond motifs is 2. The van der Waals surface area contributed by atoms with Gasteiger partial charge in [0.05, 0.1) is 11.4 Å². The fourth-order valence-corrected chi connectivity index (χ4v) is 5.45. The Morgan fingerprint density at radius 1 is 1.18 bits per heavy atom. The van der Waals surface area contributed by atoms with Crippen LogP contribution < -0.4 is 15.5 Å². The zero-order valence-corrected chi connectivity index (χ0v) is 19.4. The second kappa shape index (κ2) is 9.00. The molecule has 5 nitrogen and oxygen atoms in total. The second-order valence-electron chi connectivity index (χ2n) is 8.02. The van der Waals surface area contributed by atoms with E-state index in [2.05, 4.69) is 27.4 Å². The number of urea groups is 1. The van der Waals surface area contributed by atoms with Crippen molar-refractivity contribution in [2.45, 2.75) is 23.6 Å². The van der Waals surface area contributed by atoms with Crippen molar-refractivity contribution in [3.05, 3.63) is 83.3 Å². The standard InChI is InChI=1S/C25H22ClFN4OS/c1-15-13-31(14-18-19(26)6-4-7-20(18)27)23-11-16(9-10-24(23)33-15)29-25(32)30-22-12-28-21-8-3-2-5-17(21)22/h2-12,15,28H,13-14H2,1H3,(H2,29,30,32). The Kier molecular flexibility index (Phi) is 5.91. The van der Waals surface area contributed by atoms with Crippen molar-refractivity contribution in [3.63, 3.8) is 0 Å². The first-order chi connectivity index (χ1) is 16.0. The summed E-state index contributed by atoms with van der Waals surface area (Å²) in [4.78, 5) is 19.0. The number of aromatic amines is 1. The fraction of sp³-hybridized carbons (Fsp3) is 0.160. The predicted molar refractivity (Wildman–Crippen MR) is 135 cm³/mol. The number of amides is 2. The van der Waals surface area contributed by atoms with Crippen LogP contribution in [0.1, 0.15) is 12.5 Å². The second-order valence-corrected chi connectivity index (χ2v) is 9.91. The van der Waals surface area contributed by atoms with Crippen LogP contribution in [0.2, 0.25) is 5.02 Å². The van der Waals surface area contributed by atoms with Crippen LogP contribution in [0.25, 0.3) is 10.9 Å². The summed E-state index contributed by atoms with van der Waals surface area (Å²) < 4.78 is 14.4. The summed E-state index contributed by atoms with van der Waals surface area (Å²) in [7, 11) is 0. The molecule has 5 rings (SSSR count). The van der Waals surface area contributed by atoms with E-state index in [1.54, 1.807) is 30.1 Å². The van der Waals surface area contributed by atoms with Gasteiger partial charge >= 0.3 is 6.03 Å². The number of carbonyl (C=O) groups excluding carboxylic acids is 1. The summed E-state index contributed by atoms with van der Waals surface area (Å²) in [6.07, 6.45) is 1.77. The molecule has 2 heterocycles. The van der Waals surface area contributed by atoms with Crippen molar-refractivity contribution < 1.29 is 9.18 Å². The zero-order chi connectivity index (χ0) is 22.9. The molecule has 33 heavy (non-hydrogen) atoms. The number of hydrogen-bond donors (Lipinski definition) is 3. The molecule has 1 aliphatic rings. The van der Waals surface area contributed by atoms with E-state index in [0.717, 1.165) is 28.0 Å². The lowest BCUT2D eigenvalue weighted by molar-refractivity contribution is 0.262. The van der Waals surface area contributed by atoms with Crippen molar-refractivity contribution in [1.82, 2.24) is 4.98 Å². The summed E-state index contributed by atoms with van der Waals surface area (Å²) in [5.74, 6) is -0.317. The van der Waals surface area contributed by atoms with Crippen LogP contribution in [0.5, 0.6) is 0 Å². The molecule has 4 aromatic rings. The number of nitrogens with zero attached hydrogens (tertiary/aromatic N) is 1. The summed E-state index contributed by atoms with van der Waals surface area (Å²) in [5.41, 5.74) is 3.74. The van der Waals surface area contributed by atoms with Crippen LogP contribution in [0.4, 0.5) is 26.2 Å². The minimum atomic E-state index is -0.333. The number of benzene rings is 3. The maximum absolute atomic E-state index is 14.4. The molecular weight excluding hydrogens is 459 g/mol. The first-order valence-electron chi connectivity index (χ1n) is 10.6. The molecule has 1 aliphatic heterocycles. The number of thioether (sulfide) groups is 1. The van der Waals surface area contributed by atoms with E-state index >= 15 is 0 Å². The zero-order valence-electron chi connectivity index (χ0n) is 17.9. The molecule has 3 N–H and O–H groups in total. The molecule has 0 aliphatic carbocycles. The van der Waals surface area contributed by atoms with Crippen LogP contribution in [0.3, 0.4) is 0 Å². The van der Waals surface area contributed by atoms with Crippen LogP contribution >= 0.6 is 23.4 Å². The van der Waals surface area contributed by atoms with Gasteiger partial charge in [0, 0.05) is 56.6 Å². The number of H-pyrrole nitrogens is 1. The third kappa shape index (κ3) is 4.51. The number of nitrogens with one attached hydrogen (secondary N) is 3. The van der Waals surface area contributed by atoms with Gasteiger partial charge in [0.25, 0.3) is 0 Å². The number of hydrogen-bond acceptors (Lipinski definition) is 3. The molecule has 3 aromatic carbocycles. The lowest BCUT2D eigenvalue weighted by Gasteiger charge is -2.35. The van der Waals surface area contributed by atoms with Gasteiger partial charge in [-0.3, -0.25) is 0 Å². The van der Waals surface area contributed by atoms with Crippen molar-refractivity contribution in [1.29, 1.82) is 0 Å². The van der Waals surface area contributed by atoms with Crippen molar-refractivity contribution in [3.8, 4) is 0 Å². The molecule has 1 atom stereocenters. The smallest absolute Gasteiger partial charge is 0.323 e. The lowest BCUT2D eigenvalue weighted by Crippen LogP contribution is -2.33. The van der Waals surface area contributed by atoms with E-state index in [1.165, 1.54) is 6.07 Å². The van der Waals surface area contributed by atoms with Gasteiger partial charge in [-0.05, 0) is 36.4 Å². The molecule has 0 fully saturated rings. The van der Waals surface area contributed by atoms with E-state index in [4.69, 9.17) is 11.6 Å². The molecule has 168 valence electrons. The Balaban J connectivity index is 1.37. The van der Waals surface area contributed by atoms with Crippen molar-refractivity contribution in [2.75, 3.05) is 22.1 Å². The average molecular weight is 481 g/mol. The molecule has 1 aromatic heterocycles. The Hall–Kier alpha value is -3.16. The topological polar surface area (TPSA) is 60.2 Å². The van der Waals surface area contributed by atoms with Crippen LogP contribution in [-0.2, 0) is 6.54 Å². The minimum absolute atomic E-state index is 0.317. The van der Waals surface area contributed by atoms with Gasteiger partial charge in [-0.1, -0.05) is 42.8 Å². The van der Waals surface area contributed by atoms with E-state index < -0.39 is 0 Å². The molecular formula is C25H22ClFN4OS. The van der Waals surface area contributed by atoms with Gasteiger partial charge in [0.15, 0.2) is 0 Å². The number of halogens is 2. The molecule has 0 spiro atoms. The van der Waals surface area contributed by atoms with E-state index in [9.17, 15) is 9.18 Å². The normalized spacial score (nSPS) is 15.4. The monoisotopic (exact) mass is 480 g/mol. The summed E-state index contributed by atoms with van der Waals surface area (Å²) in [6, 6.07) is 18.0. The molecule has 8 heteroatoms. The number of aromatic nitrogens is 1. The molecule has 0 bridgehead atoms. The van der Waals surface area contributed by atoms with E-state index in [1.807, 2.05) is 42.5 Å². The van der Waals surface area contributed by atoms with Gasteiger partial charge in [-0.2, -0.15) is 0 Å². The predicted octanol–water partition coefficient (Wildman–Crippen LogP) is 7.11. The third-order valence-electron chi connectivity index (χ3n) is 5.61. The Bertz CT molecular complexity index is 1320. The lowest BCUT2D eigenvalue weighted by atomic mass is 10.1. The van der Waals surface area contributed by atoms with Crippen LogP contribution in [0, 0.1) is 5.82 Å². The Morgan fingerprint density at radius 2 is 2.03 bits per heavy atom. The number of para-hydroxylation sites is 1. The SMILES string of the molecule is CC1CN(Cc2c(F)cccc2Cl)c2cc(NC(=O)Nc3c[nH]c4ccccc34)ccc2S1. The van der Waals surface area contributed by atoms with Gasteiger partial charge in [0.2, 0.25) is 0 Å². The quantitative estimate of drug-likeness (QED) is 0.292. The first kappa shape index (κ1) is 21.7. The summed E-state index contributed by atoms with van der Waals surface area (Å²) >= 11 is 8.05. The van der Waals surface area contributed by atoms with Crippen molar-refractivity contribution in [2.24, 2.45) is 0 Å². The number of rotatable bonds is 4. The summed E-state index contributed by atoms with van der Waals surface area (Å²) in [6.45, 7) is 3.24. The highest BCUT2D eigenvalue weighted by molar-refractivity contribution is 8.00. The molecule has 1 unspecified atom stereocenters. The highest BCUT2D eigenvalue weighted by Gasteiger charge is 2.24. The third-order valence-corrected chi connectivity index (χ3v) is 7.12. The first-order valence-corrected chi connectivity index (χ1v) is 11.9. The maximum Gasteiger partial charge on any atom is 0.323 e. The highest BCUT2D eigenvalue weighted by Crippen LogP contribution is 2.41. The van der Waals surface area contributed by atoms with Gasteiger partial charge in [-0.25, -0.2) is 9.18 Å². The Labute approximate surface area is 200 Å². The minimum Gasteiger partial charge on any atom is -0.365 e. The fourth-order valence-electron chi connectivity index (χ4n) is 4.09. The molecule has 0 saturated carbocycles. The maximum atomic E-state index is 14.4. The largest absolute Gasteiger partial charge is 0.365 e. The average Bonchev–Trinajstić information content (AvgIpc) is 3.19. The van der Waals surface area contributed by atoms with E-state index in [0.29, 0.717) is 33.8 Å². The number of anilines is 3. The Morgan fingerprint density at radius 3 is 2.88 bits per heavy atom.